The molecule has 0 aliphatic carbocycles. The lowest BCUT2D eigenvalue weighted by molar-refractivity contribution is -0.385. The number of methoxy groups -OCH3 is 1. The van der Waals surface area contributed by atoms with Gasteiger partial charge in [0.2, 0.25) is 5.91 Å². The number of amides is 2. The number of anilines is 1. The van der Waals surface area contributed by atoms with Crippen LogP contribution in [-0.2, 0) is 4.79 Å². The van der Waals surface area contributed by atoms with E-state index in [4.69, 9.17) is 4.74 Å². The Morgan fingerprint density at radius 3 is 2.37 bits per heavy atom. The molecule has 0 bridgehead atoms. The average Bonchev–Trinajstić information content (AvgIpc) is 2.77. The maximum Gasteiger partial charge on any atom is 0.311 e. The molecule has 2 aromatic rings. The molecule has 1 aliphatic rings. The number of nitro groups is 1. The molecule has 1 fully saturated rings. The van der Waals surface area contributed by atoms with Crippen LogP contribution < -0.4 is 9.64 Å². The number of rotatable bonds is 6. The summed E-state index contributed by atoms with van der Waals surface area (Å²) >= 11 is 0. The highest BCUT2D eigenvalue weighted by atomic mass is 16.6. The summed E-state index contributed by atoms with van der Waals surface area (Å²) in [6, 6.07) is 11.3. The van der Waals surface area contributed by atoms with Crippen molar-refractivity contribution >= 4 is 23.2 Å². The quantitative estimate of drug-likeness (QED) is 0.535. The van der Waals surface area contributed by atoms with Crippen LogP contribution in [0.4, 0.5) is 11.4 Å². The number of carbonyl (C=O) groups excluding carboxylic acids is 2. The largest absolute Gasteiger partial charge is 0.490 e. The molecular weight excluding hydrogens is 386 g/mol. The number of hydrogen-bond donors (Lipinski definition) is 0. The van der Waals surface area contributed by atoms with Crippen molar-refractivity contribution in [3.63, 3.8) is 0 Å². The molecule has 30 heavy (non-hydrogen) atoms. The molecule has 0 spiro atoms. The molecule has 0 saturated carbocycles. The summed E-state index contributed by atoms with van der Waals surface area (Å²) in [4.78, 5) is 40.1. The van der Waals surface area contributed by atoms with Crippen molar-refractivity contribution in [2.75, 3.05) is 31.6 Å². The number of likely N-dealkylation sites (tertiary alicyclic amines) is 1. The number of hydrogen-bond acceptors (Lipinski definition) is 5. The molecule has 158 valence electrons. The van der Waals surface area contributed by atoms with Crippen LogP contribution in [-0.4, -0.2) is 48.4 Å². The summed E-state index contributed by atoms with van der Waals surface area (Å²) in [5.41, 5.74) is 1.41. The van der Waals surface area contributed by atoms with Crippen molar-refractivity contribution in [2.45, 2.75) is 26.2 Å². The minimum atomic E-state index is -0.593. The fraction of sp³-hybridized carbons (Fsp3) is 0.364. The minimum Gasteiger partial charge on any atom is -0.490 e. The maximum atomic E-state index is 13.3. The number of benzene rings is 2. The summed E-state index contributed by atoms with van der Waals surface area (Å²) in [5.74, 6) is -0.538. The van der Waals surface area contributed by atoms with Gasteiger partial charge >= 0.3 is 5.69 Å². The Labute approximate surface area is 175 Å². The van der Waals surface area contributed by atoms with Gasteiger partial charge in [0.1, 0.15) is 6.54 Å². The van der Waals surface area contributed by atoms with E-state index in [0.29, 0.717) is 18.8 Å². The molecule has 1 heterocycles. The molecular formula is C22H25N3O5. The third kappa shape index (κ3) is 4.76. The predicted octanol–water partition coefficient (Wildman–Crippen LogP) is 3.57. The van der Waals surface area contributed by atoms with Gasteiger partial charge in [0.15, 0.2) is 5.75 Å². The topological polar surface area (TPSA) is 93.0 Å². The highest BCUT2D eigenvalue weighted by Gasteiger charge is 2.26. The van der Waals surface area contributed by atoms with Gasteiger partial charge in [0.05, 0.1) is 12.0 Å². The van der Waals surface area contributed by atoms with E-state index in [9.17, 15) is 19.7 Å². The second kappa shape index (κ2) is 9.39. The van der Waals surface area contributed by atoms with Crippen LogP contribution in [0.1, 0.15) is 35.2 Å². The molecule has 1 aliphatic heterocycles. The zero-order valence-corrected chi connectivity index (χ0v) is 17.2. The lowest BCUT2D eigenvalue weighted by Gasteiger charge is -2.30. The molecule has 3 rings (SSSR count). The number of nitrogens with zero attached hydrogens (tertiary/aromatic N) is 3. The predicted molar refractivity (Wildman–Crippen MR) is 113 cm³/mol. The van der Waals surface area contributed by atoms with Gasteiger partial charge in [0.25, 0.3) is 5.91 Å². The van der Waals surface area contributed by atoms with E-state index in [1.165, 1.54) is 30.2 Å². The molecule has 0 N–H and O–H groups in total. The van der Waals surface area contributed by atoms with Gasteiger partial charge in [0, 0.05) is 30.4 Å². The van der Waals surface area contributed by atoms with Gasteiger partial charge in [-0.3, -0.25) is 24.6 Å². The number of carbonyl (C=O) groups is 2. The third-order valence-electron chi connectivity index (χ3n) is 5.22. The highest BCUT2D eigenvalue weighted by molar-refractivity contribution is 6.09. The van der Waals surface area contributed by atoms with Gasteiger partial charge in [-0.05, 0) is 50.5 Å². The first-order valence-corrected chi connectivity index (χ1v) is 9.89. The Kier molecular flexibility index (Phi) is 6.66. The van der Waals surface area contributed by atoms with Crippen molar-refractivity contribution in [1.82, 2.24) is 4.90 Å². The van der Waals surface area contributed by atoms with E-state index in [1.54, 1.807) is 17.0 Å². The van der Waals surface area contributed by atoms with Crippen molar-refractivity contribution in [2.24, 2.45) is 0 Å². The second-order valence-corrected chi connectivity index (χ2v) is 7.31. The number of piperidine rings is 1. The Hall–Kier alpha value is -3.42. The third-order valence-corrected chi connectivity index (χ3v) is 5.22. The first-order chi connectivity index (χ1) is 14.4. The molecule has 0 unspecified atom stereocenters. The van der Waals surface area contributed by atoms with E-state index in [1.807, 2.05) is 19.1 Å². The fourth-order valence-corrected chi connectivity index (χ4v) is 3.51. The van der Waals surface area contributed by atoms with E-state index in [-0.39, 0.29) is 29.5 Å². The Morgan fingerprint density at radius 1 is 1.10 bits per heavy atom. The lowest BCUT2D eigenvalue weighted by atomic mass is 10.1. The van der Waals surface area contributed by atoms with Crippen molar-refractivity contribution in [3.8, 4) is 5.75 Å². The Bertz CT molecular complexity index is 936. The van der Waals surface area contributed by atoms with Gasteiger partial charge in [-0.1, -0.05) is 17.7 Å². The summed E-state index contributed by atoms with van der Waals surface area (Å²) in [6.07, 6.45) is 3.00. The molecule has 8 heteroatoms. The molecule has 0 radical (unpaired) electrons. The van der Waals surface area contributed by atoms with Crippen LogP contribution in [0.25, 0.3) is 0 Å². The first-order valence-electron chi connectivity index (χ1n) is 9.89. The SMILES string of the molecule is COc1ccc(C(=O)N(CC(=O)N2CCCCC2)c2ccc(C)cc2)cc1[N+](=O)[O-]. The fourth-order valence-electron chi connectivity index (χ4n) is 3.51. The molecule has 8 nitrogen and oxygen atoms in total. The smallest absolute Gasteiger partial charge is 0.311 e. The van der Waals surface area contributed by atoms with Crippen LogP contribution in [0.15, 0.2) is 42.5 Å². The van der Waals surface area contributed by atoms with E-state index in [2.05, 4.69) is 0 Å². The monoisotopic (exact) mass is 411 g/mol. The zero-order valence-electron chi connectivity index (χ0n) is 17.2. The summed E-state index contributed by atoms with van der Waals surface area (Å²) < 4.78 is 5.02. The molecule has 0 aromatic heterocycles. The van der Waals surface area contributed by atoms with Crippen LogP contribution in [0.2, 0.25) is 0 Å². The van der Waals surface area contributed by atoms with Gasteiger partial charge in [-0.15, -0.1) is 0 Å². The highest BCUT2D eigenvalue weighted by Crippen LogP contribution is 2.29. The molecule has 2 aromatic carbocycles. The molecule has 2 amide bonds. The van der Waals surface area contributed by atoms with Crippen molar-refractivity contribution in [3.05, 3.63) is 63.7 Å². The summed E-state index contributed by atoms with van der Waals surface area (Å²) in [7, 11) is 1.33. The van der Waals surface area contributed by atoms with E-state index in [0.717, 1.165) is 24.8 Å². The first kappa shape index (κ1) is 21.3. The minimum absolute atomic E-state index is 0.0721. The summed E-state index contributed by atoms with van der Waals surface area (Å²) in [6.45, 7) is 3.18. The lowest BCUT2D eigenvalue weighted by Crippen LogP contribution is -2.45. The van der Waals surface area contributed by atoms with Crippen molar-refractivity contribution in [1.29, 1.82) is 0 Å². The van der Waals surface area contributed by atoms with Gasteiger partial charge in [-0.2, -0.15) is 0 Å². The normalized spacial score (nSPS) is 13.6. The zero-order chi connectivity index (χ0) is 21.7. The number of ether oxygens (including phenoxy) is 1. The number of aryl methyl sites for hydroxylation is 1. The molecule has 1 saturated heterocycles. The Balaban J connectivity index is 1.93. The van der Waals surface area contributed by atoms with Crippen molar-refractivity contribution < 1.29 is 19.2 Å². The van der Waals surface area contributed by atoms with Crippen LogP contribution in [0, 0.1) is 17.0 Å². The van der Waals surface area contributed by atoms with Crippen LogP contribution in [0.3, 0.4) is 0 Å². The van der Waals surface area contributed by atoms with Gasteiger partial charge < -0.3 is 9.64 Å². The van der Waals surface area contributed by atoms with E-state index >= 15 is 0 Å². The van der Waals surface area contributed by atoms with Gasteiger partial charge in [-0.25, -0.2) is 0 Å². The standard InChI is InChI=1S/C22H25N3O5/c1-16-6-9-18(10-7-16)24(15-21(26)23-12-4-3-5-13-23)22(27)17-8-11-20(30-2)19(14-17)25(28)29/h6-11,14H,3-5,12-13,15H2,1-2H3. The second-order valence-electron chi connectivity index (χ2n) is 7.31. The van der Waals surface area contributed by atoms with Crippen LogP contribution in [0.5, 0.6) is 5.75 Å². The Morgan fingerprint density at radius 2 is 1.77 bits per heavy atom. The summed E-state index contributed by atoms with van der Waals surface area (Å²) in [5, 5.41) is 11.4. The number of nitro benzene ring substituents is 1. The average molecular weight is 411 g/mol. The molecule has 0 atom stereocenters. The van der Waals surface area contributed by atoms with E-state index < -0.39 is 10.8 Å². The maximum absolute atomic E-state index is 13.3. The van der Waals surface area contributed by atoms with Crippen LogP contribution >= 0.6 is 0 Å².